The van der Waals surface area contributed by atoms with E-state index in [0.717, 1.165) is 13.0 Å². The standard InChI is InChI=1S/C10H16ClN3O2/c1-14(5-4-6-15-2)10-8(16-3)9(11)12-7-13-10/h7H,4-6H2,1-3H3. The van der Waals surface area contributed by atoms with Crippen LogP contribution in [-0.2, 0) is 4.74 Å². The summed E-state index contributed by atoms with van der Waals surface area (Å²) in [6.45, 7) is 1.53. The van der Waals surface area contributed by atoms with E-state index in [1.54, 1.807) is 14.2 Å². The Hall–Kier alpha value is -1.07. The maximum Gasteiger partial charge on any atom is 0.199 e. The van der Waals surface area contributed by atoms with E-state index in [2.05, 4.69) is 9.97 Å². The summed E-state index contributed by atoms with van der Waals surface area (Å²) in [5.41, 5.74) is 0. The molecule has 16 heavy (non-hydrogen) atoms. The van der Waals surface area contributed by atoms with Gasteiger partial charge in [0.05, 0.1) is 7.11 Å². The van der Waals surface area contributed by atoms with E-state index in [0.29, 0.717) is 23.3 Å². The molecule has 5 nitrogen and oxygen atoms in total. The second-order valence-electron chi connectivity index (χ2n) is 3.29. The van der Waals surface area contributed by atoms with Crippen molar-refractivity contribution in [2.45, 2.75) is 6.42 Å². The van der Waals surface area contributed by atoms with Crippen LogP contribution in [0.2, 0.25) is 5.15 Å². The highest BCUT2D eigenvalue weighted by Crippen LogP contribution is 2.30. The number of anilines is 1. The van der Waals surface area contributed by atoms with E-state index >= 15 is 0 Å². The number of rotatable bonds is 6. The fourth-order valence-corrected chi connectivity index (χ4v) is 1.55. The summed E-state index contributed by atoms with van der Waals surface area (Å²) in [5.74, 6) is 1.20. The summed E-state index contributed by atoms with van der Waals surface area (Å²) in [4.78, 5) is 9.98. The first-order valence-electron chi connectivity index (χ1n) is 4.95. The van der Waals surface area contributed by atoms with Gasteiger partial charge in [0.15, 0.2) is 16.7 Å². The zero-order valence-corrected chi connectivity index (χ0v) is 10.5. The van der Waals surface area contributed by atoms with Crippen molar-refractivity contribution >= 4 is 17.4 Å². The molecule has 0 radical (unpaired) electrons. The first-order chi connectivity index (χ1) is 7.70. The Kier molecular flexibility index (Phi) is 5.28. The quantitative estimate of drug-likeness (QED) is 0.563. The first-order valence-corrected chi connectivity index (χ1v) is 5.33. The van der Waals surface area contributed by atoms with Gasteiger partial charge in [-0.2, -0.15) is 0 Å². The Morgan fingerprint density at radius 1 is 1.38 bits per heavy atom. The zero-order chi connectivity index (χ0) is 12.0. The van der Waals surface area contributed by atoms with Crippen molar-refractivity contribution in [2.75, 3.05) is 39.3 Å². The van der Waals surface area contributed by atoms with Crippen LogP contribution in [0.15, 0.2) is 6.33 Å². The average Bonchev–Trinajstić information content (AvgIpc) is 2.29. The maximum atomic E-state index is 5.91. The number of halogens is 1. The van der Waals surface area contributed by atoms with E-state index in [1.807, 2.05) is 11.9 Å². The van der Waals surface area contributed by atoms with E-state index in [4.69, 9.17) is 21.1 Å². The van der Waals surface area contributed by atoms with Crippen LogP contribution in [0.3, 0.4) is 0 Å². The fraction of sp³-hybridized carbons (Fsp3) is 0.600. The summed E-state index contributed by atoms with van der Waals surface area (Å²) >= 11 is 5.91. The predicted octanol–water partition coefficient (Wildman–Crippen LogP) is 1.61. The van der Waals surface area contributed by atoms with Gasteiger partial charge < -0.3 is 14.4 Å². The molecular weight excluding hydrogens is 230 g/mol. The summed E-state index contributed by atoms with van der Waals surface area (Å²) in [6.07, 6.45) is 2.34. The number of nitrogens with zero attached hydrogens (tertiary/aromatic N) is 3. The Morgan fingerprint density at radius 3 is 2.75 bits per heavy atom. The van der Waals surface area contributed by atoms with E-state index in [-0.39, 0.29) is 0 Å². The van der Waals surface area contributed by atoms with Gasteiger partial charge in [-0.1, -0.05) is 11.6 Å². The van der Waals surface area contributed by atoms with Crippen LogP contribution in [0.5, 0.6) is 5.75 Å². The zero-order valence-electron chi connectivity index (χ0n) is 9.73. The molecule has 1 heterocycles. The third-order valence-corrected chi connectivity index (χ3v) is 2.42. The molecule has 0 bridgehead atoms. The van der Waals surface area contributed by atoms with Gasteiger partial charge in [0.25, 0.3) is 0 Å². The molecule has 0 aliphatic rings. The van der Waals surface area contributed by atoms with Crippen molar-refractivity contribution in [3.8, 4) is 5.75 Å². The lowest BCUT2D eigenvalue weighted by molar-refractivity contribution is 0.196. The lowest BCUT2D eigenvalue weighted by Crippen LogP contribution is -2.21. The Bertz CT molecular complexity index is 336. The molecule has 0 N–H and O–H groups in total. The second kappa shape index (κ2) is 6.50. The van der Waals surface area contributed by atoms with Crippen LogP contribution in [0, 0.1) is 0 Å². The maximum absolute atomic E-state index is 5.91. The molecule has 0 saturated carbocycles. The van der Waals surface area contributed by atoms with Crippen molar-refractivity contribution in [1.29, 1.82) is 0 Å². The molecule has 0 aliphatic carbocycles. The van der Waals surface area contributed by atoms with Gasteiger partial charge in [0.1, 0.15) is 6.33 Å². The number of aromatic nitrogens is 2. The molecular formula is C10H16ClN3O2. The topological polar surface area (TPSA) is 47.5 Å². The molecule has 6 heteroatoms. The normalized spacial score (nSPS) is 10.2. The minimum absolute atomic E-state index is 0.325. The van der Waals surface area contributed by atoms with Gasteiger partial charge in [-0.3, -0.25) is 0 Å². The van der Waals surface area contributed by atoms with Crippen LogP contribution in [0.25, 0.3) is 0 Å². The highest BCUT2D eigenvalue weighted by molar-refractivity contribution is 6.31. The average molecular weight is 246 g/mol. The SMILES string of the molecule is COCCCN(C)c1ncnc(Cl)c1OC. The van der Waals surface area contributed by atoms with Crippen molar-refractivity contribution in [1.82, 2.24) is 9.97 Å². The van der Waals surface area contributed by atoms with Gasteiger partial charge in [-0.05, 0) is 6.42 Å². The smallest absolute Gasteiger partial charge is 0.199 e. The van der Waals surface area contributed by atoms with Crippen molar-refractivity contribution in [3.05, 3.63) is 11.5 Å². The fourth-order valence-electron chi connectivity index (χ4n) is 1.34. The van der Waals surface area contributed by atoms with Crippen molar-refractivity contribution in [2.24, 2.45) is 0 Å². The lowest BCUT2D eigenvalue weighted by atomic mass is 10.4. The van der Waals surface area contributed by atoms with Crippen LogP contribution in [-0.4, -0.2) is 44.4 Å². The number of ether oxygens (including phenoxy) is 2. The van der Waals surface area contributed by atoms with E-state index in [1.165, 1.54) is 6.33 Å². The molecule has 1 aromatic rings. The molecule has 0 atom stereocenters. The highest BCUT2D eigenvalue weighted by atomic mass is 35.5. The second-order valence-corrected chi connectivity index (χ2v) is 3.65. The summed E-state index contributed by atoms with van der Waals surface area (Å²) in [6, 6.07) is 0. The van der Waals surface area contributed by atoms with Gasteiger partial charge >= 0.3 is 0 Å². The molecule has 0 spiro atoms. The summed E-state index contributed by atoms with van der Waals surface area (Å²) in [7, 11) is 5.16. The highest BCUT2D eigenvalue weighted by Gasteiger charge is 2.13. The van der Waals surface area contributed by atoms with Crippen molar-refractivity contribution < 1.29 is 9.47 Å². The molecule has 0 fully saturated rings. The first kappa shape index (κ1) is 13.0. The monoisotopic (exact) mass is 245 g/mol. The third-order valence-electron chi connectivity index (χ3n) is 2.15. The molecule has 1 aromatic heterocycles. The molecule has 0 aromatic carbocycles. The third kappa shape index (κ3) is 3.21. The van der Waals surface area contributed by atoms with Crippen molar-refractivity contribution in [3.63, 3.8) is 0 Å². The lowest BCUT2D eigenvalue weighted by Gasteiger charge is -2.20. The number of hydrogen-bond donors (Lipinski definition) is 0. The summed E-state index contributed by atoms with van der Waals surface area (Å²) < 4.78 is 10.2. The minimum atomic E-state index is 0.325. The number of methoxy groups -OCH3 is 2. The van der Waals surface area contributed by atoms with Gasteiger partial charge in [0, 0.05) is 27.3 Å². The summed E-state index contributed by atoms with van der Waals surface area (Å²) in [5, 5.41) is 0.325. The molecule has 0 aliphatic heterocycles. The van der Waals surface area contributed by atoms with Crippen LogP contribution in [0.4, 0.5) is 5.82 Å². The Morgan fingerprint density at radius 2 is 2.12 bits per heavy atom. The van der Waals surface area contributed by atoms with E-state index in [9.17, 15) is 0 Å². The van der Waals surface area contributed by atoms with Crippen LogP contribution >= 0.6 is 11.6 Å². The molecule has 0 saturated heterocycles. The molecule has 90 valence electrons. The largest absolute Gasteiger partial charge is 0.490 e. The number of hydrogen-bond acceptors (Lipinski definition) is 5. The Balaban J connectivity index is 2.74. The van der Waals surface area contributed by atoms with Gasteiger partial charge in [-0.25, -0.2) is 9.97 Å². The van der Waals surface area contributed by atoms with Gasteiger partial charge in [0.2, 0.25) is 0 Å². The molecule has 0 amide bonds. The minimum Gasteiger partial charge on any atom is -0.490 e. The van der Waals surface area contributed by atoms with Crippen LogP contribution in [0.1, 0.15) is 6.42 Å². The van der Waals surface area contributed by atoms with Crippen LogP contribution < -0.4 is 9.64 Å². The van der Waals surface area contributed by atoms with Gasteiger partial charge in [-0.15, -0.1) is 0 Å². The molecule has 1 rings (SSSR count). The predicted molar refractivity (Wildman–Crippen MR) is 63.4 cm³/mol. The van der Waals surface area contributed by atoms with E-state index < -0.39 is 0 Å². The Labute approximate surface area is 100 Å². The molecule has 0 unspecified atom stereocenters.